The van der Waals surface area contributed by atoms with Gasteiger partial charge in [0.05, 0.1) is 6.61 Å². The molecule has 0 saturated carbocycles. The van der Waals surface area contributed by atoms with Crippen LogP contribution in [0.4, 0.5) is 0 Å². The van der Waals surface area contributed by atoms with Crippen LogP contribution in [0.1, 0.15) is 49.5 Å². The summed E-state index contributed by atoms with van der Waals surface area (Å²) in [5.41, 5.74) is 1.47. The van der Waals surface area contributed by atoms with Gasteiger partial charge in [0.1, 0.15) is 5.75 Å². The van der Waals surface area contributed by atoms with Crippen molar-refractivity contribution in [1.82, 2.24) is 0 Å². The van der Waals surface area contributed by atoms with E-state index in [-0.39, 0.29) is 11.8 Å². The van der Waals surface area contributed by atoms with E-state index in [0.717, 1.165) is 12.0 Å². The Morgan fingerprint density at radius 2 is 1.95 bits per heavy atom. The quantitative estimate of drug-likeness (QED) is 0.567. The average molecular weight is 278 g/mol. The highest BCUT2D eigenvalue weighted by atomic mass is 16.6. The molecule has 0 aliphatic carbocycles. The average Bonchev–Trinajstić information content (AvgIpc) is 2.40. The fourth-order valence-electron chi connectivity index (χ4n) is 1.88. The van der Waals surface area contributed by atoms with E-state index in [9.17, 15) is 9.59 Å². The molecule has 110 valence electrons. The molecule has 1 aromatic rings. The van der Waals surface area contributed by atoms with Gasteiger partial charge in [0.15, 0.2) is 11.9 Å². The molecule has 0 N–H and O–H groups in total. The van der Waals surface area contributed by atoms with Crippen molar-refractivity contribution in [2.45, 2.75) is 46.6 Å². The number of Topliss-reactive ketones (excluding diaryl/α,β-unsaturated/α-hetero) is 1. The topological polar surface area (TPSA) is 52.6 Å². The number of hydrogen-bond acceptors (Lipinski definition) is 4. The molecule has 0 saturated heterocycles. The molecule has 1 rings (SSSR count). The van der Waals surface area contributed by atoms with Crippen molar-refractivity contribution >= 4 is 11.8 Å². The zero-order valence-corrected chi connectivity index (χ0v) is 12.6. The second-order valence-corrected chi connectivity index (χ2v) is 4.68. The monoisotopic (exact) mass is 278 g/mol. The van der Waals surface area contributed by atoms with Gasteiger partial charge in [-0.15, -0.1) is 0 Å². The van der Waals surface area contributed by atoms with Gasteiger partial charge >= 0.3 is 5.97 Å². The summed E-state index contributed by atoms with van der Waals surface area (Å²) in [7, 11) is 0. The Bertz CT molecular complexity index is 479. The molecular weight excluding hydrogens is 256 g/mol. The van der Waals surface area contributed by atoms with Gasteiger partial charge in [-0.05, 0) is 51.0 Å². The summed E-state index contributed by atoms with van der Waals surface area (Å²) >= 11 is 0. The molecule has 0 aliphatic heterocycles. The molecule has 0 radical (unpaired) electrons. The van der Waals surface area contributed by atoms with Gasteiger partial charge in [0.25, 0.3) is 0 Å². The number of rotatable bonds is 7. The highest BCUT2D eigenvalue weighted by Gasteiger charge is 2.21. The number of carbonyl (C=O) groups is 2. The van der Waals surface area contributed by atoms with Crippen LogP contribution in [0, 0.1) is 6.92 Å². The number of ether oxygens (including phenoxy) is 2. The van der Waals surface area contributed by atoms with E-state index in [2.05, 4.69) is 0 Å². The predicted molar refractivity (Wildman–Crippen MR) is 77.1 cm³/mol. The molecule has 20 heavy (non-hydrogen) atoms. The predicted octanol–water partition coefficient (Wildman–Crippen LogP) is 3.31. The maximum Gasteiger partial charge on any atom is 0.347 e. The van der Waals surface area contributed by atoms with Crippen LogP contribution < -0.4 is 4.74 Å². The van der Waals surface area contributed by atoms with Crippen molar-refractivity contribution in [3.63, 3.8) is 0 Å². The molecule has 0 heterocycles. The summed E-state index contributed by atoms with van der Waals surface area (Å²) in [4.78, 5) is 23.1. The Morgan fingerprint density at radius 3 is 2.45 bits per heavy atom. The molecule has 1 unspecified atom stereocenters. The minimum atomic E-state index is -0.596. The number of hydrogen-bond donors (Lipinski definition) is 0. The fraction of sp³-hybridized carbons (Fsp3) is 0.500. The van der Waals surface area contributed by atoms with Crippen LogP contribution in [-0.4, -0.2) is 24.5 Å². The van der Waals surface area contributed by atoms with Gasteiger partial charge in [-0.2, -0.15) is 0 Å². The van der Waals surface area contributed by atoms with Crippen LogP contribution in [0.3, 0.4) is 0 Å². The molecule has 0 spiro atoms. The third kappa shape index (κ3) is 4.37. The minimum Gasteiger partial charge on any atom is -0.478 e. The molecule has 0 amide bonds. The number of benzene rings is 1. The molecule has 1 atom stereocenters. The van der Waals surface area contributed by atoms with E-state index < -0.39 is 6.10 Å². The zero-order chi connectivity index (χ0) is 15.1. The largest absolute Gasteiger partial charge is 0.478 e. The van der Waals surface area contributed by atoms with Crippen molar-refractivity contribution in [3.8, 4) is 5.75 Å². The first-order valence-electron chi connectivity index (χ1n) is 6.94. The van der Waals surface area contributed by atoms with Crippen LogP contribution >= 0.6 is 0 Å². The lowest BCUT2D eigenvalue weighted by Crippen LogP contribution is -2.29. The summed E-state index contributed by atoms with van der Waals surface area (Å²) in [6.07, 6.45) is 0.836. The van der Waals surface area contributed by atoms with E-state index in [0.29, 0.717) is 24.3 Å². The molecule has 0 bridgehead atoms. The first kappa shape index (κ1) is 16.2. The Morgan fingerprint density at radius 1 is 1.25 bits per heavy atom. The van der Waals surface area contributed by atoms with Crippen LogP contribution in [0.25, 0.3) is 0 Å². The van der Waals surface area contributed by atoms with E-state index in [1.165, 1.54) is 6.92 Å². The number of aryl methyl sites for hydroxylation is 1. The van der Waals surface area contributed by atoms with Crippen LogP contribution in [0.5, 0.6) is 5.75 Å². The highest BCUT2D eigenvalue weighted by molar-refractivity contribution is 5.94. The first-order valence-corrected chi connectivity index (χ1v) is 6.94. The summed E-state index contributed by atoms with van der Waals surface area (Å²) in [5, 5.41) is 0. The Hall–Kier alpha value is -1.84. The maximum absolute atomic E-state index is 11.8. The maximum atomic E-state index is 11.8. The minimum absolute atomic E-state index is 0.00940. The Kier molecular flexibility index (Phi) is 6.22. The number of carbonyl (C=O) groups excluding carboxylic acids is 2. The molecular formula is C16H22O4. The van der Waals surface area contributed by atoms with Crippen LogP contribution in [0.2, 0.25) is 0 Å². The van der Waals surface area contributed by atoms with Gasteiger partial charge in [-0.1, -0.05) is 13.3 Å². The van der Waals surface area contributed by atoms with Crippen LogP contribution in [-0.2, 0) is 9.53 Å². The van der Waals surface area contributed by atoms with Gasteiger partial charge in [0, 0.05) is 5.56 Å². The summed E-state index contributed by atoms with van der Waals surface area (Å²) < 4.78 is 10.8. The number of ketones is 1. The standard InChI is InChI=1S/C16H22O4/c1-5-7-15(16(18)19-6-2)20-14-9-8-13(12(4)17)10-11(14)3/h8-10,15H,5-7H2,1-4H3. The second kappa shape index (κ2) is 7.68. The van der Waals surface area contributed by atoms with Crippen molar-refractivity contribution in [2.75, 3.05) is 6.61 Å². The van der Waals surface area contributed by atoms with E-state index in [1.54, 1.807) is 25.1 Å². The number of esters is 1. The Balaban J connectivity index is 2.88. The summed E-state index contributed by atoms with van der Waals surface area (Å²) in [6, 6.07) is 5.21. The van der Waals surface area contributed by atoms with Crippen LogP contribution in [0.15, 0.2) is 18.2 Å². The Labute approximate surface area is 120 Å². The molecule has 0 fully saturated rings. The highest BCUT2D eigenvalue weighted by Crippen LogP contribution is 2.22. The van der Waals surface area contributed by atoms with E-state index in [4.69, 9.17) is 9.47 Å². The molecule has 1 aromatic carbocycles. The van der Waals surface area contributed by atoms with Crippen molar-refractivity contribution in [2.24, 2.45) is 0 Å². The second-order valence-electron chi connectivity index (χ2n) is 4.68. The summed E-state index contributed by atoms with van der Waals surface area (Å²) in [5.74, 6) is 0.279. The van der Waals surface area contributed by atoms with Gasteiger partial charge in [0.2, 0.25) is 0 Å². The van der Waals surface area contributed by atoms with Gasteiger partial charge < -0.3 is 9.47 Å². The molecule has 0 aromatic heterocycles. The third-order valence-electron chi connectivity index (χ3n) is 2.95. The molecule has 4 nitrogen and oxygen atoms in total. The first-order chi connectivity index (χ1) is 9.49. The zero-order valence-electron chi connectivity index (χ0n) is 12.6. The SMILES string of the molecule is CCCC(Oc1ccc(C(C)=O)cc1C)C(=O)OCC. The molecule has 0 aliphatic rings. The fourth-order valence-corrected chi connectivity index (χ4v) is 1.88. The van der Waals surface area contributed by atoms with Crippen molar-refractivity contribution in [1.29, 1.82) is 0 Å². The van der Waals surface area contributed by atoms with E-state index >= 15 is 0 Å². The smallest absolute Gasteiger partial charge is 0.347 e. The molecule has 4 heteroatoms. The lowest BCUT2D eigenvalue weighted by atomic mass is 10.1. The van der Waals surface area contributed by atoms with Gasteiger partial charge in [-0.3, -0.25) is 4.79 Å². The van der Waals surface area contributed by atoms with E-state index in [1.807, 2.05) is 13.8 Å². The third-order valence-corrected chi connectivity index (χ3v) is 2.95. The lowest BCUT2D eigenvalue weighted by molar-refractivity contribution is -0.151. The normalized spacial score (nSPS) is 11.8. The lowest BCUT2D eigenvalue weighted by Gasteiger charge is -2.18. The van der Waals surface area contributed by atoms with Gasteiger partial charge in [-0.25, -0.2) is 4.79 Å². The van der Waals surface area contributed by atoms with Crippen molar-refractivity contribution in [3.05, 3.63) is 29.3 Å². The van der Waals surface area contributed by atoms with Crippen molar-refractivity contribution < 1.29 is 19.1 Å². The summed E-state index contributed by atoms with van der Waals surface area (Å²) in [6.45, 7) is 7.48.